The third-order valence-electron chi connectivity index (χ3n) is 5.31. The lowest BCUT2D eigenvalue weighted by molar-refractivity contribution is -0.131. The highest BCUT2D eigenvalue weighted by atomic mass is 35.5. The number of carbonyl (C=O) groups is 2. The average Bonchev–Trinajstić information content (AvgIpc) is 3.38. The second-order valence-corrected chi connectivity index (χ2v) is 7.76. The fraction of sp³-hybridized carbons (Fsp3) is 0.250. The van der Waals surface area contributed by atoms with E-state index in [-0.39, 0.29) is 12.5 Å². The van der Waals surface area contributed by atoms with Crippen molar-refractivity contribution < 1.29 is 19.1 Å². The molecule has 2 aliphatic rings. The number of hydrogen-bond donors (Lipinski definition) is 1. The first-order valence-electron chi connectivity index (χ1n) is 9.52. The van der Waals surface area contributed by atoms with Gasteiger partial charge in [0.1, 0.15) is 25.1 Å². The summed E-state index contributed by atoms with van der Waals surface area (Å²) < 4.78 is 12.6. The summed E-state index contributed by atoms with van der Waals surface area (Å²) in [4.78, 5) is 27.2. The molecular formula is C20H17ClN6O4. The van der Waals surface area contributed by atoms with Crippen molar-refractivity contribution in [2.75, 3.05) is 13.2 Å². The minimum Gasteiger partial charge on any atom is -0.486 e. The van der Waals surface area contributed by atoms with E-state index in [1.807, 2.05) is 0 Å². The van der Waals surface area contributed by atoms with Crippen LogP contribution in [0.3, 0.4) is 0 Å². The summed E-state index contributed by atoms with van der Waals surface area (Å²) in [5, 5.41) is 14.3. The molecule has 5 rings (SSSR count). The lowest BCUT2D eigenvalue weighted by atomic mass is 9.91. The molecule has 0 spiro atoms. The van der Waals surface area contributed by atoms with Crippen molar-refractivity contribution in [1.29, 1.82) is 0 Å². The van der Waals surface area contributed by atoms with Gasteiger partial charge in [-0.2, -0.15) is 0 Å². The van der Waals surface area contributed by atoms with Gasteiger partial charge in [0.05, 0.1) is 17.3 Å². The maximum absolute atomic E-state index is 13.3. The second-order valence-electron chi connectivity index (χ2n) is 7.35. The number of hydrogen-bond acceptors (Lipinski definition) is 7. The Balaban J connectivity index is 1.44. The van der Waals surface area contributed by atoms with Gasteiger partial charge in [-0.25, -0.2) is 9.48 Å². The molecule has 0 radical (unpaired) electrons. The predicted octanol–water partition coefficient (Wildman–Crippen LogP) is 2.05. The highest BCUT2D eigenvalue weighted by molar-refractivity contribution is 6.32. The van der Waals surface area contributed by atoms with E-state index in [0.29, 0.717) is 46.5 Å². The molecule has 1 atom stereocenters. The molecule has 3 amide bonds. The SMILES string of the molecule is CC1(c2cccc(-n3cnnn3)c2)NC(=O)N(Cc2cc(Cl)c3c(c2)OCCO3)C1=O. The molecule has 1 saturated heterocycles. The van der Waals surface area contributed by atoms with Gasteiger partial charge in [0.25, 0.3) is 5.91 Å². The minimum atomic E-state index is -1.24. The van der Waals surface area contributed by atoms with E-state index in [9.17, 15) is 9.59 Å². The molecule has 3 heterocycles. The number of ether oxygens (including phenoxy) is 2. The lowest BCUT2D eigenvalue weighted by Gasteiger charge is -2.23. The van der Waals surface area contributed by atoms with Crippen LogP contribution in [0, 0.1) is 0 Å². The fourth-order valence-electron chi connectivity index (χ4n) is 3.71. The van der Waals surface area contributed by atoms with Crippen LogP contribution in [-0.4, -0.2) is 50.3 Å². The molecule has 0 aliphatic carbocycles. The van der Waals surface area contributed by atoms with Gasteiger partial charge < -0.3 is 14.8 Å². The summed E-state index contributed by atoms with van der Waals surface area (Å²) in [6.07, 6.45) is 1.45. The van der Waals surface area contributed by atoms with Gasteiger partial charge in [0, 0.05) is 0 Å². The van der Waals surface area contributed by atoms with Crippen LogP contribution in [0.5, 0.6) is 11.5 Å². The number of carbonyl (C=O) groups excluding carboxylic acids is 2. The highest BCUT2D eigenvalue weighted by Gasteiger charge is 2.49. The maximum Gasteiger partial charge on any atom is 0.325 e. The first-order valence-corrected chi connectivity index (χ1v) is 9.89. The molecule has 3 aromatic rings. The summed E-state index contributed by atoms with van der Waals surface area (Å²) >= 11 is 6.30. The van der Waals surface area contributed by atoms with E-state index in [4.69, 9.17) is 21.1 Å². The number of rotatable bonds is 4. The first kappa shape index (κ1) is 19.3. The third-order valence-corrected chi connectivity index (χ3v) is 5.59. The molecule has 31 heavy (non-hydrogen) atoms. The van der Waals surface area contributed by atoms with Crippen molar-refractivity contribution in [2.45, 2.75) is 19.0 Å². The topological polar surface area (TPSA) is 111 Å². The smallest absolute Gasteiger partial charge is 0.325 e. The van der Waals surface area contributed by atoms with Crippen LogP contribution in [0.25, 0.3) is 5.69 Å². The van der Waals surface area contributed by atoms with E-state index in [0.717, 1.165) is 4.90 Å². The fourth-order valence-corrected chi connectivity index (χ4v) is 4.00. The molecule has 1 aromatic heterocycles. The first-order chi connectivity index (χ1) is 15.0. The Morgan fingerprint density at radius 3 is 2.84 bits per heavy atom. The molecule has 0 saturated carbocycles. The Hall–Kier alpha value is -3.66. The van der Waals surface area contributed by atoms with Gasteiger partial charge in [-0.15, -0.1) is 5.10 Å². The Morgan fingerprint density at radius 2 is 2.03 bits per heavy atom. The monoisotopic (exact) mass is 440 g/mol. The average molecular weight is 441 g/mol. The summed E-state index contributed by atoms with van der Waals surface area (Å²) in [6, 6.07) is 10.0. The molecule has 0 bridgehead atoms. The van der Waals surface area contributed by atoms with Crippen LogP contribution in [-0.2, 0) is 16.9 Å². The summed E-state index contributed by atoms with van der Waals surface area (Å²) in [7, 11) is 0. The van der Waals surface area contributed by atoms with Crippen LogP contribution >= 0.6 is 11.6 Å². The zero-order valence-electron chi connectivity index (χ0n) is 16.4. The summed E-state index contributed by atoms with van der Waals surface area (Å²) in [6.45, 7) is 2.54. The number of nitrogens with zero attached hydrogens (tertiary/aromatic N) is 5. The number of amides is 3. The molecule has 10 nitrogen and oxygen atoms in total. The van der Waals surface area contributed by atoms with Gasteiger partial charge in [-0.05, 0) is 52.7 Å². The number of urea groups is 1. The van der Waals surface area contributed by atoms with Crippen LogP contribution in [0.2, 0.25) is 5.02 Å². The van der Waals surface area contributed by atoms with Crippen molar-refractivity contribution in [3.05, 3.63) is 58.9 Å². The number of tetrazole rings is 1. The molecule has 1 unspecified atom stereocenters. The third kappa shape index (κ3) is 3.25. The normalized spacial score (nSPS) is 20.1. The number of fused-ring (bicyclic) bond motifs is 1. The molecule has 2 aromatic carbocycles. The zero-order valence-corrected chi connectivity index (χ0v) is 17.2. The number of benzene rings is 2. The van der Waals surface area contributed by atoms with Crippen molar-refractivity contribution in [2.24, 2.45) is 0 Å². The van der Waals surface area contributed by atoms with Gasteiger partial charge in [0.2, 0.25) is 0 Å². The molecule has 158 valence electrons. The van der Waals surface area contributed by atoms with Gasteiger partial charge in [-0.1, -0.05) is 23.7 Å². The van der Waals surface area contributed by atoms with Crippen LogP contribution in [0.1, 0.15) is 18.1 Å². The summed E-state index contributed by atoms with van der Waals surface area (Å²) in [5.41, 5.74) is 0.701. The van der Waals surface area contributed by atoms with E-state index < -0.39 is 11.6 Å². The zero-order chi connectivity index (χ0) is 21.6. The number of halogens is 1. The molecule has 2 aliphatic heterocycles. The minimum absolute atomic E-state index is 0.0449. The second kappa shape index (κ2) is 7.24. The summed E-state index contributed by atoms with van der Waals surface area (Å²) in [5.74, 6) is 0.591. The molecule has 11 heteroatoms. The van der Waals surface area contributed by atoms with E-state index in [1.165, 1.54) is 11.0 Å². The van der Waals surface area contributed by atoms with Crippen molar-refractivity contribution in [3.8, 4) is 17.2 Å². The Kier molecular flexibility index (Phi) is 4.51. The standard InChI is InChI=1S/C20H17ClN6O4/c1-20(13-3-2-4-14(9-13)27-11-22-24-25-27)18(28)26(19(29)23-20)10-12-7-15(21)17-16(8-12)30-5-6-31-17/h2-4,7-9,11H,5-6,10H2,1H3,(H,23,29). The predicted molar refractivity (Wildman–Crippen MR) is 108 cm³/mol. The van der Waals surface area contributed by atoms with Crippen molar-refractivity contribution >= 4 is 23.5 Å². The molecular weight excluding hydrogens is 424 g/mol. The van der Waals surface area contributed by atoms with E-state index in [2.05, 4.69) is 20.8 Å². The Bertz CT molecular complexity index is 1180. The van der Waals surface area contributed by atoms with Crippen LogP contribution in [0.4, 0.5) is 4.79 Å². The van der Waals surface area contributed by atoms with Gasteiger partial charge in [0.15, 0.2) is 11.5 Å². The number of nitrogens with one attached hydrogen (secondary N) is 1. The van der Waals surface area contributed by atoms with Crippen molar-refractivity contribution in [3.63, 3.8) is 0 Å². The molecule has 1 fully saturated rings. The number of imide groups is 1. The van der Waals surface area contributed by atoms with Crippen LogP contribution in [0.15, 0.2) is 42.7 Å². The number of aromatic nitrogens is 4. The largest absolute Gasteiger partial charge is 0.486 e. The highest BCUT2D eigenvalue weighted by Crippen LogP contribution is 2.39. The lowest BCUT2D eigenvalue weighted by Crippen LogP contribution is -2.40. The van der Waals surface area contributed by atoms with Gasteiger partial charge in [-0.3, -0.25) is 9.69 Å². The Labute approximate surface area is 181 Å². The Morgan fingerprint density at radius 1 is 1.19 bits per heavy atom. The van der Waals surface area contributed by atoms with Crippen molar-refractivity contribution in [1.82, 2.24) is 30.4 Å². The maximum atomic E-state index is 13.3. The quantitative estimate of drug-likeness (QED) is 0.618. The van der Waals surface area contributed by atoms with E-state index in [1.54, 1.807) is 43.3 Å². The van der Waals surface area contributed by atoms with E-state index >= 15 is 0 Å². The van der Waals surface area contributed by atoms with Crippen LogP contribution < -0.4 is 14.8 Å². The van der Waals surface area contributed by atoms with Gasteiger partial charge >= 0.3 is 6.03 Å². The molecule has 1 N–H and O–H groups in total.